The molecule has 0 aliphatic heterocycles. The van der Waals surface area contributed by atoms with E-state index in [2.05, 4.69) is 31.3 Å². The van der Waals surface area contributed by atoms with Gasteiger partial charge in [0.15, 0.2) is 0 Å². The van der Waals surface area contributed by atoms with E-state index in [1.54, 1.807) is 12.3 Å². The first-order valence-electron chi connectivity index (χ1n) is 8.40. The molecule has 3 aromatic heterocycles. The molecule has 0 atom stereocenters. The average Bonchev–Trinajstić information content (AvgIpc) is 3.05. The van der Waals surface area contributed by atoms with Gasteiger partial charge in [-0.1, -0.05) is 6.07 Å². The molecule has 0 saturated heterocycles. The summed E-state index contributed by atoms with van der Waals surface area (Å²) in [5.74, 6) is 0.331. The van der Waals surface area contributed by atoms with Gasteiger partial charge < -0.3 is 10.3 Å². The summed E-state index contributed by atoms with van der Waals surface area (Å²) in [6, 6.07) is 8.74. The zero-order valence-corrected chi connectivity index (χ0v) is 14.3. The molecular formula is C20H18FN5. The van der Waals surface area contributed by atoms with Gasteiger partial charge >= 0.3 is 0 Å². The number of fused-ring (bicyclic) bond motifs is 1. The summed E-state index contributed by atoms with van der Waals surface area (Å²) in [5, 5.41) is 4.29. The lowest BCUT2D eigenvalue weighted by molar-refractivity contribution is 0.625. The van der Waals surface area contributed by atoms with Crippen LogP contribution in [-0.2, 0) is 13.0 Å². The molecule has 0 spiro atoms. The predicted octanol–water partition coefficient (Wildman–Crippen LogP) is 4.00. The number of benzene rings is 1. The minimum Gasteiger partial charge on any atom is -0.350 e. The molecule has 4 aromatic rings. The molecule has 130 valence electrons. The highest BCUT2D eigenvalue weighted by atomic mass is 19.1. The number of rotatable bonds is 5. The molecule has 0 fully saturated rings. The second-order valence-corrected chi connectivity index (χ2v) is 6.23. The number of nitrogens with zero attached hydrogens (tertiary/aromatic N) is 3. The second kappa shape index (κ2) is 6.92. The van der Waals surface area contributed by atoms with Gasteiger partial charge in [0.2, 0.25) is 5.95 Å². The van der Waals surface area contributed by atoms with Crippen molar-refractivity contribution in [2.24, 2.45) is 0 Å². The van der Waals surface area contributed by atoms with E-state index in [1.165, 1.54) is 17.7 Å². The zero-order chi connectivity index (χ0) is 17.9. The minimum atomic E-state index is -0.223. The lowest BCUT2D eigenvalue weighted by Crippen LogP contribution is -2.05. The van der Waals surface area contributed by atoms with Gasteiger partial charge in [-0.15, -0.1) is 0 Å². The van der Waals surface area contributed by atoms with Gasteiger partial charge in [0.05, 0.1) is 0 Å². The number of hydrogen-bond donors (Lipinski definition) is 2. The first-order valence-corrected chi connectivity index (χ1v) is 8.40. The Hall–Kier alpha value is -3.28. The third-order valence-corrected chi connectivity index (χ3v) is 4.38. The Balaban J connectivity index is 1.43. The number of hydrogen-bond acceptors (Lipinski definition) is 4. The third kappa shape index (κ3) is 3.39. The lowest BCUT2D eigenvalue weighted by atomic mass is 10.1. The maximum Gasteiger partial charge on any atom is 0.222 e. The Morgan fingerprint density at radius 2 is 1.92 bits per heavy atom. The van der Waals surface area contributed by atoms with E-state index in [0.29, 0.717) is 12.5 Å². The number of pyridine rings is 1. The van der Waals surface area contributed by atoms with Crippen LogP contribution in [0.3, 0.4) is 0 Å². The van der Waals surface area contributed by atoms with Crippen LogP contribution in [0.1, 0.15) is 22.3 Å². The SMILES string of the molecule is Cc1cc(F)ccc1CNc1ncc(Cc2c[nH]c3ncccc23)cn1. The van der Waals surface area contributed by atoms with E-state index in [0.717, 1.165) is 34.1 Å². The average molecular weight is 347 g/mol. The van der Waals surface area contributed by atoms with Crippen LogP contribution in [0.15, 0.2) is 55.1 Å². The summed E-state index contributed by atoms with van der Waals surface area (Å²) in [6.07, 6.45) is 8.13. The van der Waals surface area contributed by atoms with E-state index < -0.39 is 0 Å². The van der Waals surface area contributed by atoms with Gasteiger partial charge in [-0.3, -0.25) is 0 Å². The second-order valence-electron chi connectivity index (χ2n) is 6.23. The highest BCUT2D eigenvalue weighted by molar-refractivity contribution is 5.79. The number of nitrogens with one attached hydrogen (secondary N) is 2. The van der Waals surface area contributed by atoms with Crippen LogP contribution in [0.25, 0.3) is 11.0 Å². The quantitative estimate of drug-likeness (QED) is 0.573. The number of halogens is 1. The molecule has 0 unspecified atom stereocenters. The molecule has 0 aliphatic carbocycles. The summed E-state index contributed by atoms with van der Waals surface area (Å²) in [6.45, 7) is 2.44. The molecule has 6 heteroatoms. The summed E-state index contributed by atoms with van der Waals surface area (Å²) in [7, 11) is 0. The highest BCUT2D eigenvalue weighted by Crippen LogP contribution is 2.19. The van der Waals surface area contributed by atoms with Crippen molar-refractivity contribution in [1.82, 2.24) is 19.9 Å². The zero-order valence-electron chi connectivity index (χ0n) is 14.3. The normalized spacial score (nSPS) is 11.0. The van der Waals surface area contributed by atoms with Gasteiger partial charge in [0, 0.05) is 43.1 Å². The number of aromatic nitrogens is 4. The van der Waals surface area contributed by atoms with E-state index in [9.17, 15) is 4.39 Å². The molecule has 2 N–H and O–H groups in total. The van der Waals surface area contributed by atoms with Crippen LogP contribution < -0.4 is 5.32 Å². The van der Waals surface area contributed by atoms with Crippen molar-refractivity contribution in [1.29, 1.82) is 0 Å². The molecule has 0 amide bonds. The molecule has 4 rings (SSSR count). The summed E-state index contributed by atoms with van der Waals surface area (Å²) in [4.78, 5) is 16.2. The lowest BCUT2D eigenvalue weighted by Gasteiger charge is -2.08. The Labute approximate surface area is 150 Å². The van der Waals surface area contributed by atoms with Crippen LogP contribution in [0.4, 0.5) is 10.3 Å². The van der Waals surface area contributed by atoms with Crippen LogP contribution in [0, 0.1) is 12.7 Å². The fraction of sp³-hybridized carbons (Fsp3) is 0.150. The Morgan fingerprint density at radius 1 is 1.08 bits per heavy atom. The summed E-state index contributed by atoms with van der Waals surface area (Å²) in [5.41, 5.74) is 5.00. The van der Waals surface area contributed by atoms with Gasteiger partial charge in [-0.25, -0.2) is 19.3 Å². The van der Waals surface area contributed by atoms with Crippen molar-refractivity contribution in [3.05, 3.63) is 83.2 Å². The van der Waals surface area contributed by atoms with Crippen molar-refractivity contribution in [3.8, 4) is 0 Å². The van der Waals surface area contributed by atoms with Crippen LogP contribution in [0.2, 0.25) is 0 Å². The maximum absolute atomic E-state index is 13.2. The minimum absolute atomic E-state index is 0.223. The standard InChI is InChI=1S/C20H18FN5/c1-13-7-17(21)5-4-15(13)11-26-20-24-9-14(10-25-20)8-16-12-23-19-18(16)3-2-6-22-19/h2-7,9-10,12H,8,11H2,1H3,(H,22,23)(H,24,25,26). The fourth-order valence-corrected chi connectivity index (χ4v) is 2.95. The van der Waals surface area contributed by atoms with Crippen molar-refractivity contribution in [2.45, 2.75) is 19.9 Å². The molecule has 0 radical (unpaired) electrons. The smallest absolute Gasteiger partial charge is 0.222 e. The molecule has 3 heterocycles. The van der Waals surface area contributed by atoms with E-state index >= 15 is 0 Å². The fourth-order valence-electron chi connectivity index (χ4n) is 2.95. The summed E-state index contributed by atoms with van der Waals surface area (Å²) < 4.78 is 13.2. The van der Waals surface area contributed by atoms with Crippen molar-refractivity contribution < 1.29 is 4.39 Å². The first-order chi connectivity index (χ1) is 12.7. The highest BCUT2D eigenvalue weighted by Gasteiger charge is 2.06. The van der Waals surface area contributed by atoms with E-state index in [1.807, 2.05) is 31.6 Å². The molecule has 0 aliphatic rings. The Morgan fingerprint density at radius 3 is 2.73 bits per heavy atom. The molecule has 1 aromatic carbocycles. The number of anilines is 1. The van der Waals surface area contributed by atoms with Crippen LogP contribution >= 0.6 is 0 Å². The molecule has 0 saturated carbocycles. The predicted molar refractivity (Wildman–Crippen MR) is 99.4 cm³/mol. The number of aryl methyl sites for hydroxylation is 1. The maximum atomic E-state index is 13.2. The topological polar surface area (TPSA) is 66.5 Å². The third-order valence-electron chi connectivity index (χ3n) is 4.38. The molecule has 0 bridgehead atoms. The monoisotopic (exact) mass is 347 g/mol. The Kier molecular flexibility index (Phi) is 4.31. The van der Waals surface area contributed by atoms with Gasteiger partial charge in [0.25, 0.3) is 0 Å². The molecule has 26 heavy (non-hydrogen) atoms. The Bertz CT molecular complexity index is 1040. The first kappa shape index (κ1) is 16.2. The van der Waals surface area contributed by atoms with Crippen molar-refractivity contribution in [2.75, 3.05) is 5.32 Å². The van der Waals surface area contributed by atoms with Crippen molar-refractivity contribution >= 4 is 17.0 Å². The van der Waals surface area contributed by atoms with E-state index in [4.69, 9.17) is 0 Å². The van der Waals surface area contributed by atoms with Crippen molar-refractivity contribution in [3.63, 3.8) is 0 Å². The summed E-state index contributed by atoms with van der Waals surface area (Å²) >= 11 is 0. The number of H-pyrrole nitrogens is 1. The van der Waals surface area contributed by atoms with Crippen LogP contribution in [0.5, 0.6) is 0 Å². The van der Waals surface area contributed by atoms with E-state index in [-0.39, 0.29) is 5.82 Å². The van der Waals surface area contributed by atoms with Gasteiger partial charge in [-0.2, -0.15) is 0 Å². The van der Waals surface area contributed by atoms with Crippen LogP contribution in [-0.4, -0.2) is 19.9 Å². The molecular weight excluding hydrogens is 329 g/mol. The van der Waals surface area contributed by atoms with Gasteiger partial charge in [-0.05, 0) is 53.4 Å². The van der Waals surface area contributed by atoms with Gasteiger partial charge in [0.1, 0.15) is 11.5 Å². The number of aromatic amines is 1. The molecule has 5 nitrogen and oxygen atoms in total. The largest absolute Gasteiger partial charge is 0.350 e.